The normalized spacial score (nSPS) is 12.1. The van der Waals surface area contributed by atoms with Crippen LogP contribution in [0, 0.1) is 5.82 Å². The minimum atomic E-state index is -4.48. The lowest BCUT2D eigenvalue weighted by atomic mass is 10.3. The summed E-state index contributed by atoms with van der Waals surface area (Å²) >= 11 is 0. The Morgan fingerprint density at radius 3 is 2.33 bits per heavy atom. The summed E-state index contributed by atoms with van der Waals surface area (Å²) in [5.41, 5.74) is -2.93. The first-order valence-electron chi connectivity index (χ1n) is 3.47. The average molecular weight is 242 g/mol. The first kappa shape index (κ1) is 11.7. The summed E-state index contributed by atoms with van der Waals surface area (Å²) in [6, 6.07) is 0. The smallest absolute Gasteiger partial charge is 0.272 e. The van der Waals surface area contributed by atoms with Gasteiger partial charge in [0.15, 0.2) is 5.82 Å². The van der Waals surface area contributed by atoms with E-state index < -0.39 is 38.3 Å². The van der Waals surface area contributed by atoms with Crippen molar-refractivity contribution in [2.75, 3.05) is 0 Å². The summed E-state index contributed by atoms with van der Waals surface area (Å²) in [6.07, 6.45) is -2.99. The minimum absolute atomic E-state index is 0.429. The van der Waals surface area contributed by atoms with Crippen molar-refractivity contribution in [3.05, 3.63) is 27.9 Å². The quantitative estimate of drug-likeness (QED) is 0.770. The Morgan fingerprint density at radius 1 is 1.40 bits per heavy atom. The van der Waals surface area contributed by atoms with Crippen LogP contribution in [0.3, 0.4) is 0 Å². The van der Waals surface area contributed by atoms with Crippen molar-refractivity contribution in [1.29, 1.82) is 0 Å². The van der Waals surface area contributed by atoms with E-state index in [0.717, 1.165) is 0 Å². The Kier molecular flexibility index (Phi) is 2.86. The van der Waals surface area contributed by atoms with E-state index in [1.54, 1.807) is 4.98 Å². The lowest BCUT2D eigenvalue weighted by Gasteiger charge is -2.04. The number of aromatic nitrogens is 1. The number of halogens is 3. The van der Waals surface area contributed by atoms with Crippen LogP contribution in [-0.4, -0.2) is 13.4 Å². The highest BCUT2D eigenvalue weighted by atomic mass is 32.2. The molecule has 0 saturated carbocycles. The second-order valence-electron chi connectivity index (χ2n) is 2.56. The highest BCUT2D eigenvalue weighted by Crippen LogP contribution is 2.21. The topological polar surface area (TPSA) is 93.0 Å². The van der Waals surface area contributed by atoms with E-state index in [1.165, 1.54) is 0 Å². The number of aromatic amines is 1. The van der Waals surface area contributed by atoms with Crippen LogP contribution in [0.4, 0.5) is 13.2 Å². The standard InChI is InChI=1S/C6H5F3N2O3S/c7-4-2(15(10,13)14)1-11-6(12)3(4)5(8)9/h1,5H,(H,11,12)(H2,10,13,14). The van der Waals surface area contributed by atoms with Gasteiger partial charge in [-0.25, -0.2) is 26.7 Å². The molecule has 1 heterocycles. The van der Waals surface area contributed by atoms with Gasteiger partial charge in [0.1, 0.15) is 10.5 Å². The molecule has 0 radical (unpaired) electrons. The SMILES string of the molecule is NS(=O)(=O)c1c[nH]c(=O)c(C(F)F)c1F. The maximum absolute atomic E-state index is 13.1. The second-order valence-corrected chi connectivity index (χ2v) is 4.09. The second kappa shape index (κ2) is 3.66. The Bertz CT molecular complexity index is 537. The molecule has 0 atom stereocenters. The van der Waals surface area contributed by atoms with E-state index in [2.05, 4.69) is 5.14 Å². The van der Waals surface area contributed by atoms with E-state index in [1.807, 2.05) is 0 Å². The lowest BCUT2D eigenvalue weighted by molar-refractivity contribution is 0.143. The number of nitrogens with two attached hydrogens (primary N) is 1. The third-order valence-electron chi connectivity index (χ3n) is 1.56. The molecule has 0 fully saturated rings. The fourth-order valence-electron chi connectivity index (χ4n) is 0.907. The van der Waals surface area contributed by atoms with Gasteiger partial charge < -0.3 is 4.98 Å². The molecule has 3 N–H and O–H groups in total. The number of rotatable bonds is 2. The van der Waals surface area contributed by atoms with E-state index in [4.69, 9.17) is 0 Å². The van der Waals surface area contributed by atoms with Gasteiger partial charge in [-0.05, 0) is 0 Å². The summed E-state index contributed by atoms with van der Waals surface area (Å²) < 4.78 is 58.9. The van der Waals surface area contributed by atoms with E-state index in [0.29, 0.717) is 6.20 Å². The molecule has 15 heavy (non-hydrogen) atoms. The fraction of sp³-hybridized carbons (Fsp3) is 0.167. The summed E-state index contributed by atoms with van der Waals surface area (Å²) in [7, 11) is -4.48. The number of hydrogen-bond donors (Lipinski definition) is 2. The third-order valence-corrected chi connectivity index (χ3v) is 2.47. The van der Waals surface area contributed by atoms with Gasteiger partial charge >= 0.3 is 0 Å². The van der Waals surface area contributed by atoms with Gasteiger partial charge in [0.2, 0.25) is 10.0 Å². The fourth-order valence-corrected chi connectivity index (χ4v) is 1.49. The molecule has 0 aliphatic heterocycles. The zero-order chi connectivity index (χ0) is 11.8. The maximum Gasteiger partial charge on any atom is 0.272 e. The number of primary sulfonamides is 1. The van der Waals surface area contributed by atoms with Gasteiger partial charge in [0, 0.05) is 6.20 Å². The lowest BCUT2D eigenvalue weighted by Crippen LogP contribution is -2.22. The molecule has 0 bridgehead atoms. The van der Waals surface area contributed by atoms with Crippen molar-refractivity contribution in [2.24, 2.45) is 5.14 Å². The molecule has 0 aromatic carbocycles. The molecule has 1 rings (SSSR count). The van der Waals surface area contributed by atoms with E-state index in [9.17, 15) is 26.4 Å². The molecule has 0 saturated heterocycles. The van der Waals surface area contributed by atoms with Gasteiger partial charge in [-0.15, -0.1) is 0 Å². The number of nitrogens with one attached hydrogen (secondary N) is 1. The van der Waals surface area contributed by atoms with Crippen LogP contribution in [-0.2, 0) is 10.0 Å². The third kappa shape index (κ3) is 2.18. The number of hydrogen-bond acceptors (Lipinski definition) is 3. The zero-order valence-corrected chi connectivity index (χ0v) is 7.82. The molecule has 84 valence electrons. The van der Waals surface area contributed by atoms with E-state index >= 15 is 0 Å². The van der Waals surface area contributed by atoms with Crippen LogP contribution < -0.4 is 10.7 Å². The summed E-state index contributed by atoms with van der Waals surface area (Å²) in [6.45, 7) is 0. The largest absolute Gasteiger partial charge is 0.327 e. The van der Waals surface area contributed by atoms with Crippen LogP contribution in [0.5, 0.6) is 0 Å². The highest BCUT2D eigenvalue weighted by molar-refractivity contribution is 7.89. The van der Waals surface area contributed by atoms with Gasteiger partial charge in [-0.3, -0.25) is 4.79 Å². The molecule has 1 aromatic heterocycles. The minimum Gasteiger partial charge on any atom is -0.327 e. The van der Waals surface area contributed by atoms with Crippen molar-refractivity contribution < 1.29 is 21.6 Å². The van der Waals surface area contributed by atoms with Crippen LogP contribution in [0.25, 0.3) is 0 Å². The highest BCUT2D eigenvalue weighted by Gasteiger charge is 2.25. The number of pyridine rings is 1. The van der Waals surface area contributed by atoms with Crippen molar-refractivity contribution in [3.8, 4) is 0 Å². The van der Waals surface area contributed by atoms with Crippen LogP contribution in [0.15, 0.2) is 15.9 Å². The van der Waals surface area contributed by atoms with Gasteiger partial charge in [-0.2, -0.15) is 0 Å². The van der Waals surface area contributed by atoms with Crippen LogP contribution in [0.1, 0.15) is 12.0 Å². The Labute approximate surface area is 81.8 Å². The zero-order valence-electron chi connectivity index (χ0n) is 7.00. The Morgan fingerprint density at radius 2 is 1.93 bits per heavy atom. The van der Waals surface area contributed by atoms with Crippen molar-refractivity contribution in [2.45, 2.75) is 11.3 Å². The summed E-state index contributed by atoms with van der Waals surface area (Å²) in [5, 5.41) is 4.54. The number of alkyl halides is 2. The van der Waals surface area contributed by atoms with Gasteiger partial charge in [0.25, 0.3) is 12.0 Å². The molecule has 0 aliphatic rings. The first-order valence-corrected chi connectivity index (χ1v) is 5.02. The molecular formula is C6H5F3N2O3S. The average Bonchev–Trinajstić information content (AvgIpc) is 2.00. The molecule has 5 nitrogen and oxygen atoms in total. The van der Waals surface area contributed by atoms with Crippen molar-refractivity contribution >= 4 is 10.0 Å². The van der Waals surface area contributed by atoms with Crippen molar-refractivity contribution in [3.63, 3.8) is 0 Å². The van der Waals surface area contributed by atoms with Crippen LogP contribution >= 0.6 is 0 Å². The summed E-state index contributed by atoms with van der Waals surface area (Å²) in [4.78, 5) is 11.2. The van der Waals surface area contributed by atoms with Gasteiger partial charge in [-0.1, -0.05) is 0 Å². The number of sulfonamides is 1. The molecular weight excluding hydrogens is 237 g/mol. The molecule has 0 amide bonds. The summed E-state index contributed by atoms with van der Waals surface area (Å²) in [5.74, 6) is -1.82. The predicted octanol–water partition coefficient (Wildman–Crippen LogP) is 0.0990. The first-order chi connectivity index (χ1) is 6.75. The molecule has 0 unspecified atom stereocenters. The Hall–Kier alpha value is -1.35. The van der Waals surface area contributed by atoms with Crippen molar-refractivity contribution in [1.82, 2.24) is 4.98 Å². The molecule has 0 spiro atoms. The van der Waals surface area contributed by atoms with E-state index in [-0.39, 0.29) is 0 Å². The monoisotopic (exact) mass is 242 g/mol. The molecule has 9 heteroatoms. The molecule has 0 aliphatic carbocycles. The van der Waals surface area contributed by atoms with Crippen LogP contribution in [0.2, 0.25) is 0 Å². The predicted molar refractivity (Wildman–Crippen MR) is 43.4 cm³/mol. The number of H-pyrrole nitrogens is 1. The molecule has 1 aromatic rings. The maximum atomic E-state index is 13.1. The Balaban J connectivity index is 3.64. The van der Waals surface area contributed by atoms with Gasteiger partial charge in [0.05, 0.1) is 0 Å².